The lowest BCUT2D eigenvalue weighted by Gasteiger charge is -2.29. The van der Waals surface area contributed by atoms with E-state index in [1.54, 1.807) is 6.07 Å². The number of hydrogen-bond donors (Lipinski definition) is 3. The van der Waals surface area contributed by atoms with Crippen LogP contribution in [0.5, 0.6) is 0 Å². The highest BCUT2D eigenvalue weighted by atomic mass is 19.1. The van der Waals surface area contributed by atoms with Crippen LogP contribution in [0.25, 0.3) is 0 Å². The van der Waals surface area contributed by atoms with E-state index in [1.807, 2.05) is 0 Å². The Labute approximate surface area is 156 Å². The van der Waals surface area contributed by atoms with E-state index in [9.17, 15) is 23.6 Å². The van der Waals surface area contributed by atoms with Crippen molar-refractivity contribution in [2.45, 2.75) is 51.1 Å². The number of primary amides is 1. The fraction of sp³-hybridized carbons (Fsp3) is 0.474. The first-order valence-electron chi connectivity index (χ1n) is 8.89. The van der Waals surface area contributed by atoms with Crippen molar-refractivity contribution in [3.63, 3.8) is 0 Å². The van der Waals surface area contributed by atoms with Gasteiger partial charge in [0.1, 0.15) is 23.7 Å². The molecule has 7 nitrogen and oxygen atoms in total. The minimum Gasteiger partial charge on any atom is -0.368 e. The number of carbonyl (C=O) groups excluding carboxylic acids is 4. The minimum atomic E-state index is -1.07. The number of benzene rings is 1. The smallest absolute Gasteiger partial charge is 0.243 e. The van der Waals surface area contributed by atoms with Crippen molar-refractivity contribution in [1.29, 1.82) is 0 Å². The van der Waals surface area contributed by atoms with Gasteiger partial charge in [0.2, 0.25) is 17.7 Å². The molecule has 1 fully saturated rings. The molecule has 0 spiro atoms. The first-order chi connectivity index (χ1) is 12.8. The molecule has 4 N–H and O–H groups in total. The Kier molecular flexibility index (Phi) is 7.04. The van der Waals surface area contributed by atoms with Gasteiger partial charge in [0, 0.05) is 26.2 Å². The van der Waals surface area contributed by atoms with Gasteiger partial charge in [-0.25, -0.2) is 4.39 Å². The molecule has 3 amide bonds. The molecule has 1 aliphatic carbocycles. The monoisotopic (exact) mass is 377 g/mol. The van der Waals surface area contributed by atoms with Gasteiger partial charge in [-0.1, -0.05) is 18.2 Å². The van der Waals surface area contributed by atoms with Gasteiger partial charge >= 0.3 is 0 Å². The van der Waals surface area contributed by atoms with Crippen LogP contribution in [0, 0.1) is 11.7 Å². The van der Waals surface area contributed by atoms with Crippen molar-refractivity contribution in [2.75, 3.05) is 0 Å². The van der Waals surface area contributed by atoms with E-state index >= 15 is 0 Å². The Balaban J connectivity index is 2.15. The van der Waals surface area contributed by atoms with Gasteiger partial charge in [0.05, 0.1) is 0 Å². The van der Waals surface area contributed by atoms with Gasteiger partial charge in [-0.2, -0.15) is 0 Å². The van der Waals surface area contributed by atoms with Crippen molar-refractivity contribution in [3.05, 3.63) is 35.6 Å². The predicted molar refractivity (Wildman–Crippen MR) is 95.8 cm³/mol. The standard InChI is InChI=1S/C19H24FN3O4/c1-11(24)22-16(10-12-5-2-3-8-15(12)20)19(27)23-17(18(21)26)13-6-4-7-14(25)9-13/h2-3,5,8,13,16-17H,4,6-7,9-10H2,1H3,(H2,21,26)(H,22,24)(H,23,27)/t13-,16+,17-/m0/s1. The second kappa shape index (κ2) is 9.25. The number of halogens is 1. The molecule has 0 aromatic heterocycles. The lowest BCUT2D eigenvalue weighted by molar-refractivity contribution is -0.132. The zero-order valence-corrected chi connectivity index (χ0v) is 15.2. The van der Waals surface area contributed by atoms with Crippen LogP contribution in [-0.2, 0) is 25.6 Å². The summed E-state index contributed by atoms with van der Waals surface area (Å²) in [5, 5.41) is 5.02. The highest BCUT2D eigenvalue weighted by Crippen LogP contribution is 2.24. The second-order valence-corrected chi connectivity index (χ2v) is 6.83. The number of Topliss-reactive ketones (excluding diaryl/α,β-unsaturated/α-hetero) is 1. The fourth-order valence-corrected chi connectivity index (χ4v) is 3.36. The van der Waals surface area contributed by atoms with Crippen molar-refractivity contribution in [2.24, 2.45) is 11.7 Å². The van der Waals surface area contributed by atoms with Crippen molar-refractivity contribution < 1.29 is 23.6 Å². The van der Waals surface area contributed by atoms with Gasteiger partial charge in [-0.15, -0.1) is 0 Å². The molecule has 0 radical (unpaired) electrons. The second-order valence-electron chi connectivity index (χ2n) is 6.83. The summed E-state index contributed by atoms with van der Waals surface area (Å²) in [7, 11) is 0. The molecule has 1 aromatic carbocycles. The summed E-state index contributed by atoms with van der Waals surface area (Å²) >= 11 is 0. The number of nitrogens with two attached hydrogens (primary N) is 1. The van der Waals surface area contributed by atoms with Crippen LogP contribution in [0.2, 0.25) is 0 Å². The predicted octanol–water partition coefficient (Wildman–Crippen LogP) is 0.602. The number of ketones is 1. The van der Waals surface area contributed by atoms with E-state index in [1.165, 1.54) is 25.1 Å². The summed E-state index contributed by atoms with van der Waals surface area (Å²) in [4.78, 5) is 47.7. The van der Waals surface area contributed by atoms with Gasteiger partial charge in [-0.3, -0.25) is 19.2 Å². The molecule has 8 heteroatoms. The summed E-state index contributed by atoms with van der Waals surface area (Å²) in [6.45, 7) is 1.24. The van der Waals surface area contributed by atoms with Crippen LogP contribution in [0.1, 0.15) is 38.2 Å². The molecular weight excluding hydrogens is 353 g/mol. The lowest BCUT2D eigenvalue weighted by atomic mass is 9.82. The van der Waals surface area contributed by atoms with E-state index in [-0.39, 0.29) is 30.1 Å². The Morgan fingerprint density at radius 3 is 2.56 bits per heavy atom. The van der Waals surface area contributed by atoms with E-state index in [2.05, 4.69) is 10.6 Å². The highest BCUT2D eigenvalue weighted by molar-refractivity contribution is 5.92. The van der Waals surface area contributed by atoms with Crippen molar-refractivity contribution in [3.8, 4) is 0 Å². The molecule has 0 heterocycles. The molecule has 27 heavy (non-hydrogen) atoms. The molecule has 0 unspecified atom stereocenters. The lowest BCUT2D eigenvalue weighted by Crippen LogP contribution is -2.56. The number of hydrogen-bond acceptors (Lipinski definition) is 4. The quantitative estimate of drug-likeness (QED) is 0.645. The SMILES string of the molecule is CC(=O)N[C@H](Cc1ccccc1F)C(=O)N[C@H](C(N)=O)[C@H]1CCCC(=O)C1. The number of carbonyl (C=O) groups is 4. The van der Waals surface area contributed by atoms with Crippen molar-refractivity contribution in [1.82, 2.24) is 10.6 Å². The molecule has 1 aliphatic rings. The van der Waals surface area contributed by atoms with Crippen molar-refractivity contribution >= 4 is 23.5 Å². The number of nitrogens with one attached hydrogen (secondary N) is 2. The van der Waals surface area contributed by atoms with Crippen LogP contribution < -0.4 is 16.4 Å². The molecule has 146 valence electrons. The normalized spacial score (nSPS) is 19.0. The van der Waals surface area contributed by atoms with Crippen LogP contribution >= 0.6 is 0 Å². The highest BCUT2D eigenvalue weighted by Gasteiger charge is 2.34. The topological polar surface area (TPSA) is 118 Å². The average molecular weight is 377 g/mol. The first-order valence-corrected chi connectivity index (χ1v) is 8.89. The van der Waals surface area contributed by atoms with Crippen LogP contribution in [-0.4, -0.2) is 35.6 Å². The molecule has 2 rings (SSSR count). The minimum absolute atomic E-state index is 0.0246. The molecule has 0 aliphatic heterocycles. The third-order valence-electron chi connectivity index (χ3n) is 4.67. The Morgan fingerprint density at radius 1 is 1.26 bits per heavy atom. The molecule has 1 aromatic rings. The molecule has 3 atom stereocenters. The summed E-state index contributed by atoms with van der Waals surface area (Å²) in [5.41, 5.74) is 5.69. The summed E-state index contributed by atoms with van der Waals surface area (Å²) in [6, 6.07) is 3.84. The zero-order chi connectivity index (χ0) is 20.0. The Hall–Kier alpha value is -2.77. The van der Waals surface area contributed by atoms with Crippen LogP contribution in [0.4, 0.5) is 4.39 Å². The van der Waals surface area contributed by atoms with E-state index < -0.39 is 35.6 Å². The third kappa shape index (κ3) is 5.87. The first kappa shape index (κ1) is 20.5. The van der Waals surface area contributed by atoms with Gasteiger partial charge in [-0.05, 0) is 30.4 Å². The zero-order valence-electron chi connectivity index (χ0n) is 15.2. The van der Waals surface area contributed by atoms with Crippen LogP contribution in [0.15, 0.2) is 24.3 Å². The maximum atomic E-state index is 13.9. The molecule has 1 saturated carbocycles. The van der Waals surface area contributed by atoms with Gasteiger partial charge in [0.25, 0.3) is 0 Å². The summed E-state index contributed by atoms with van der Waals surface area (Å²) < 4.78 is 13.9. The maximum Gasteiger partial charge on any atom is 0.243 e. The number of amides is 3. The molecule has 0 bridgehead atoms. The van der Waals surface area contributed by atoms with Crippen LogP contribution in [0.3, 0.4) is 0 Å². The van der Waals surface area contributed by atoms with E-state index in [0.717, 1.165) is 0 Å². The average Bonchev–Trinajstić information content (AvgIpc) is 2.60. The largest absolute Gasteiger partial charge is 0.368 e. The summed E-state index contributed by atoms with van der Waals surface area (Å²) in [6.07, 6.45) is 1.78. The van der Waals surface area contributed by atoms with E-state index in [4.69, 9.17) is 5.73 Å². The maximum absolute atomic E-state index is 13.9. The summed E-state index contributed by atoms with van der Waals surface area (Å²) in [5.74, 6) is -2.69. The third-order valence-corrected chi connectivity index (χ3v) is 4.67. The Morgan fingerprint density at radius 2 is 1.96 bits per heavy atom. The fourth-order valence-electron chi connectivity index (χ4n) is 3.36. The van der Waals surface area contributed by atoms with Gasteiger partial charge in [0.15, 0.2) is 0 Å². The number of rotatable bonds is 7. The molecular formula is C19H24FN3O4. The molecule has 0 saturated heterocycles. The van der Waals surface area contributed by atoms with Gasteiger partial charge < -0.3 is 16.4 Å². The Bertz CT molecular complexity index is 737. The van der Waals surface area contributed by atoms with E-state index in [0.29, 0.717) is 19.3 Å².